The second-order valence-corrected chi connectivity index (χ2v) is 5.87. The van der Waals surface area contributed by atoms with Gasteiger partial charge in [0.05, 0.1) is 16.7 Å². The van der Waals surface area contributed by atoms with E-state index in [0.29, 0.717) is 30.2 Å². The molecule has 1 aromatic heterocycles. The third kappa shape index (κ3) is 2.94. The lowest BCUT2D eigenvalue weighted by Gasteiger charge is -2.07. The van der Waals surface area contributed by atoms with E-state index in [4.69, 9.17) is 9.47 Å². The first kappa shape index (κ1) is 14.9. The Labute approximate surface area is 136 Å². The number of carbonyl (C=O) groups is 1. The molecule has 1 aliphatic rings. The van der Waals surface area contributed by atoms with Gasteiger partial charge in [0.15, 0.2) is 11.5 Å². The highest BCUT2D eigenvalue weighted by molar-refractivity contribution is 9.10. The van der Waals surface area contributed by atoms with Crippen molar-refractivity contribution in [1.29, 1.82) is 0 Å². The second-order valence-electron chi connectivity index (χ2n) is 5.07. The Morgan fingerprint density at radius 1 is 1.36 bits per heavy atom. The summed E-state index contributed by atoms with van der Waals surface area (Å²) in [6.07, 6.45) is 0.350. The molecule has 116 valence electrons. The van der Waals surface area contributed by atoms with Gasteiger partial charge in [-0.3, -0.25) is 9.48 Å². The number of aryl methyl sites for hydroxylation is 2. The summed E-state index contributed by atoms with van der Waals surface area (Å²) in [5.74, 6) is 1.29. The number of halogens is 1. The highest BCUT2D eigenvalue weighted by Crippen LogP contribution is 2.34. The molecule has 1 aliphatic heterocycles. The smallest absolute Gasteiger partial charge is 0.231 e. The van der Waals surface area contributed by atoms with Crippen LogP contribution in [0.25, 0.3) is 0 Å². The van der Waals surface area contributed by atoms with Crippen molar-refractivity contribution in [3.05, 3.63) is 34.1 Å². The number of nitrogens with zero attached hydrogens (tertiary/aromatic N) is 2. The van der Waals surface area contributed by atoms with Gasteiger partial charge in [-0.05, 0) is 41.9 Å². The first-order chi connectivity index (χ1) is 10.5. The summed E-state index contributed by atoms with van der Waals surface area (Å²) < 4.78 is 13.3. The maximum absolute atomic E-state index is 12.1. The van der Waals surface area contributed by atoms with Crippen molar-refractivity contribution in [3.63, 3.8) is 0 Å². The number of fused-ring (bicyclic) bond motifs is 1. The third-order valence-electron chi connectivity index (χ3n) is 3.50. The molecule has 0 saturated heterocycles. The Morgan fingerprint density at radius 2 is 2.14 bits per heavy atom. The molecule has 0 aliphatic carbocycles. The fourth-order valence-corrected chi connectivity index (χ4v) is 2.58. The third-order valence-corrected chi connectivity index (χ3v) is 4.65. The lowest BCUT2D eigenvalue weighted by Crippen LogP contribution is -2.15. The first-order valence-electron chi connectivity index (χ1n) is 6.93. The molecule has 1 N–H and O–H groups in total. The number of carbonyl (C=O) groups excluding carboxylic acids is 1. The summed E-state index contributed by atoms with van der Waals surface area (Å²) in [7, 11) is 0. The van der Waals surface area contributed by atoms with Crippen LogP contribution in [0, 0.1) is 13.8 Å². The minimum Gasteiger partial charge on any atom is -0.454 e. The van der Waals surface area contributed by atoms with Gasteiger partial charge in [-0.15, -0.1) is 0 Å². The van der Waals surface area contributed by atoms with Crippen LogP contribution in [0.4, 0.5) is 5.69 Å². The molecule has 6 nitrogen and oxygen atoms in total. The van der Waals surface area contributed by atoms with E-state index in [-0.39, 0.29) is 12.7 Å². The van der Waals surface area contributed by atoms with Crippen LogP contribution in [0.2, 0.25) is 0 Å². The minimum atomic E-state index is -0.0671. The molecule has 0 bridgehead atoms. The molecular weight excluding hydrogens is 350 g/mol. The molecular formula is C15H16BrN3O3. The van der Waals surface area contributed by atoms with Gasteiger partial charge in [0.1, 0.15) is 0 Å². The fraction of sp³-hybridized carbons (Fsp3) is 0.333. The summed E-state index contributed by atoms with van der Waals surface area (Å²) >= 11 is 3.48. The quantitative estimate of drug-likeness (QED) is 0.904. The first-order valence-corrected chi connectivity index (χ1v) is 7.73. The predicted molar refractivity (Wildman–Crippen MR) is 85.2 cm³/mol. The second kappa shape index (κ2) is 6.00. The van der Waals surface area contributed by atoms with Crippen molar-refractivity contribution >= 4 is 27.5 Å². The van der Waals surface area contributed by atoms with Crippen molar-refractivity contribution in [3.8, 4) is 11.5 Å². The number of aromatic nitrogens is 2. The summed E-state index contributed by atoms with van der Waals surface area (Å²) in [6.45, 7) is 4.66. The zero-order chi connectivity index (χ0) is 15.7. The van der Waals surface area contributed by atoms with Crippen LogP contribution in [0.15, 0.2) is 22.7 Å². The molecule has 2 heterocycles. The van der Waals surface area contributed by atoms with E-state index in [1.807, 2.05) is 18.5 Å². The van der Waals surface area contributed by atoms with E-state index in [1.54, 1.807) is 18.2 Å². The van der Waals surface area contributed by atoms with Crippen molar-refractivity contribution < 1.29 is 14.3 Å². The maximum Gasteiger partial charge on any atom is 0.231 e. The van der Waals surface area contributed by atoms with Crippen molar-refractivity contribution in [2.24, 2.45) is 0 Å². The van der Waals surface area contributed by atoms with E-state index in [2.05, 4.69) is 26.3 Å². The Balaban J connectivity index is 1.59. The van der Waals surface area contributed by atoms with Crippen LogP contribution in [-0.2, 0) is 11.3 Å². The predicted octanol–water partition coefficient (Wildman–Crippen LogP) is 3.02. The zero-order valence-corrected chi connectivity index (χ0v) is 13.9. The molecule has 0 fully saturated rings. The normalized spacial score (nSPS) is 12.5. The number of hydrogen-bond acceptors (Lipinski definition) is 4. The molecule has 1 amide bonds. The number of anilines is 1. The lowest BCUT2D eigenvalue weighted by atomic mass is 10.2. The van der Waals surface area contributed by atoms with Gasteiger partial charge in [0.25, 0.3) is 0 Å². The Hall–Kier alpha value is -2.02. The number of ether oxygens (including phenoxy) is 2. The molecule has 0 radical (unpaired) electrons. The van der Waals surface area contributed by atoms with E-state index < -0.39 is 0 Å². The zero-order valence-electron chi connectivity index (χ0n) is 12.4. The molecule has 22 heavy (non-hydrogen) atoms. The number of nitrogens with one attached hydrogen (secondary N) is 1. The molecule has 0 spiro atoms. The van der Waals surface area contributed by atoms with Gasteiger partial charge in [0, 0.05) is 23.9 Å². The number of rotatable bonds is 4. The SMILES string of the molecule is Cc1nn(CCC(=O)Nc2ccc3c(c2)OCO3)c(C)c1Br. The van der Waals surface area contributed by atoms with Crippen LogP contribution in [-0.4, -0.2) is 22.5 Å². The Kier molecular flexibility index (Phi) is 4.06. The van der Waals surface area contributed by atoms with Crippen LogP contribution >= 0.6 is 15.9 Å². The van der Waals surface area contributed by atoms with Crippen LogP contribution in [0.3, 0.4) is 0 Å². The molecule has 1 aromatic carbocycles. The molecule has 2 aromatic rings. The van der Waals surface area contributed by atoms with E-state index in [9.17, 15) is 4.79 Å². The van der Waals surface area contributed by atoms with E-state index in [1.165, 1.54) is 0 Å². The number of hydrogen-bond donors (Lipinski definition) is 1. The summed E-state index contributed by atoms with van der Waals surface area (Å²) in [5.41, 5.74) is 2.64. The van der Waals surface area contributed by atoms with E-state index in [0.717, 1.165) is 15.9 Å². The fourth-order valence-electron chi connectivity index (χ4n) is 2.30. The van der Waals surface area contributed by atoms with Gasteiger partial charge in [-0.1, -0.05) is 0 Å². The van der Waals surface area contributed by atoms with Crippen molar-refractivity contribution in [2.45, 2.75) is 26.8 Å². The van der Waals surface area contributed by atoms with Crippen LogP contribution < -0.4 is 14.8 Å². The largest absolute Gasteiger partial charge is 0.454 e. The summed E-state index contributed by atoms with van der Waals surface area (Å²) in [5, 5.41) is 7.24. The van der Waals surface area contributed by atoms with Crippen LogP contribution in [0.5, 0.6) is 11.5 Å². The average molecular weight is 366 g/mol. The maximum atomic E-state index is 12.1. The standard InChI is InChI=1S/C15H16BrN3O3/c1-9-15(16)10(2)19(18-9)6-5-14(20)17-11-3-4-12-13(7-11)22-8-21-12/h3-4,7H,5-6,8H2,1-2H3,(H,17,20). The van der Waals surface area contributed by atoms with Gasteiger partial charge in [0.2, 0.25) is 12.7 Å². The molecule has 0 saturated carbocycles. The molecule has 0 atom stereocenters. The molecule has 7 heteroatoms. The average Bonchev–Trinajstić information content (AvgIpc) is 3.05. The van der Waals surface area contributed by atoms with E-state index >= 15 is 0 Å². The van der Waals surface area contributed by atoms with Gasteiger partial charge < -0.3 is 14.8 Å². The Morgan fingerprint density at radius 3 is 2.86 bits per heavy atom. The van der Waals surface area contributed by atoms with Crippen molar-refractivity contribution in [1.82, 2.24) is 9.78 Å². The lowest BCUT2D eigenvalue weighted by molar-refractivity contribution is -0.116. The topological polar surface area (TPSA) is 65.4 Å². The molecule has 3 rings (SSSR count). The van der Waals surface area contributed by atoms with Gasteiger partial charge in [-0.25, -0.2) is 0 Å². The van der Waals surface area contributed by atoms with Crippen molar-refractivity contribution in [2.75, 3.05) is 12.1 Å². The summed E-state index contributed by atoms with van der Waals surface area (Å²) in [4.78, 5) is 12.1. The van der Waals surface area contributed by atoms with Gasteiger partial charge >= 0.3 is 0 Å². The number of benzene rings is 1. The highest BCUT2D eigenvalue weighted by Gasteiger charge is 2.14. The molecule has 0 unspecified atom stereocenters. The number of amides is 1. The minimum absolute atomic E-state index is 0.0671. The monoisotopic (exact) mass is 365 g/mol. The summed E-state index contributed by atoms with van der Waals surface area (Å²) in [6, 6.07) is 5.35. The van der Waals surface area contributed by atoms with Gasteiger partial charge in [-0.2, -0.15) is 5.10 Å². The Bertz CT molecular complexity index is 727. The highest BCUT2D eigenvalue weighted by atomic mass is 79.9. The van der Waals surface area contributed by atoms with Crippen LogP contribution in [0.1, 0.15) is 17.8 Å².